The summed E-state index contributed by atoms with van der Waals surface area (Å²) < 4.78 is 4.83. The van der Waals surface area contributed by atoms with E-state index in [1.165, 1.54) is 7.11 Å². The third kappa shape index (κ3) is 6.31. The molecule has 0 saturated heterocycles. The Bertz CT molecular complexity index is 1120. The molecule has 0 aliphatic heterocycles. The third-order valence-corrected chi connectivity index (χ3v) is 5.43. The van der Waals surface area contributed by atoms with E-state index in [2.05, 4.69) is 15.3 Å². The van der Waals surface area contributed by atoms with E-state index in [9.17, 15) is 9.59 Å². The summed E-state index contributed by atoms with van der Waals surface area (Å²) in [6.07, 6.45) is 7.24. The molecule has 33 heavy (non-hydrogen) atoms. The van der Waals surface area contributed by atoms with Gasteiger partial charge in [-0.3, -0.25) is 4.79 Å². The number of carbonyl (C=O) groups is 2. The Morgan fingerprint density at radius 1 is 1.06 bits per heavy atom. The lowest BCUT2D eigenvalue weighted by atomic mass is 10.1. The highest BCUT2D eigenvalue weighted by Gasteiger charge is 2.23. The van der Waals surface area contributed by atoms with Crippen LogP contribution in [-0.4, -0.2) is 42.0 Å². The van der Waals surface area contributed by atoms with Crippen LogP contribution in [0.3, 0.4) is 0 Å². The third-order valence-electron chi connectivity index (χ3n) is 4.80. The summed E-state index contributed by atoms with van der Waals surface area (Å²) in [4.78, 5) is 35.2. The fraction of sp³-hybridized carbons (Fsp3) is 0.167. The molecule has 7 nitrogen and oxygen atoms in total. The van der Waals surface area contributed by atoms with Crippen molar-refractivity contribution in [3.05, 3.63) is 88.2 Å². The quantitative estimate of drug-likeness (QED) is 0.456. The molecule has 3 rings (SSSR count). The van der Waals surface area contributed by atoms with Gasteiger partial charge in [-0.1, -0.05) is 53.6 Å². The first kappa shape index (κ1) is 24.2. The van der Waals surface area contributed by atoms with Crippen molar-refractivity contribution in [2.24, 2.45) is 0 Å². The molecule has 0 fully saturated rings. The number of hydrogen-bond acceptors (Lipinski definition) is 6. The first-order valence-electron chi connectivity index (χ1n) is 10.0. The number of rotatable bonds is 8. The van der Waals surface area contributed by atoms with Gasteiger partial charge < -0.3 is 15.0 Å². The van der Waals surface area contributed by atoms with E-state index in [0.29, 0.717) is 5.95 Å². The Balaban J connectivity index is 1.66. The van der Waals surface area contributed by atoms with Crippen LogP contribution in [0.25, 0.3) is 6.08 Å². The van der Waals surface area contributed by atoms with Gasteiger partial charge in [-0.05, 0) is 42.3 Å². The summed E-state index contributed by atoms with van der Waals surface area (Å²) in [5.74, 6) is -0.531. The lowest BCUT2D eigenvalue weighted by molar-refractivity contribution is -0.142. The van der Waals surface area contributed by atoms with Gasteiger partial charge in [0.1, 0.15) is 6.04 Å². The van der Waals surface area contributed by atoms with Gasteiger partial charge >= 0.3 is 5.97 Å². The maximum absolute atomic E-state index is 12.6. The van der Waals surface area contributed by atoms with Gasteiger partial charge in [-0.25, -0.2) is 14.8 Å². The molecule has 0 bridgehead atoms. The molecule has 9 heteroatoms. The van der Waals surface area contributed by atoms with E-state index in [4.69, 9.17) is 27.9 Å². The molecule has 0 aliphatic carbocycles. The fourth-order valence-electron chi connectivity index (χ4n) is 3.03. The topological polar surface area (TPSA) is 84.4 Å². The van der Waals surface area contributed by atoms with Gasteiger partial charge in [0, 0.05) is 25.1 Å². The zero-order valence-electron chi connectivity index (χ0n) is 18.0. The van der Waals surface area contributed by atoms with Crippen LogP contribution < -0.4 is 10.2 Å². The van der Waals surface area contributed by atoms with Crippen LogP contribution in [-0.2, 0) is 9.53 Å². The Kier molecular flexibility index (Phi) is 8.40. The summed E-state index contributed by atoms with van der Waals surface area (Å²) in [5, 5.41) is 3.04. The van der Waals surface area contributed by atoms with Gasteiger partial charge in [-0.15, -0.1) is 0 Å². The Morgan fingerprint density at radius 3 is 2.30 bits per heavy atom. The van der Waals surface area contributed by atoms with Crippen molar-refractivity contribution >= 4 is 52.8 Å². The number of carbonyl (C=O) groups excluding carboxylic acids is 2. The van der Waals surface area contributed by atoms with Crippen molar-refractivity contribution in [2.75, 3.05) is 19.1 Å². The van der Waals surface area contributed by atoms with Crippen LogP contribution in [0.4, 0.5) is 11.6 Å². The number of anilines is 2. The zero-order chi connectivity index (χ0) is 23.8. The predicted molar refractivity (Wildman–Crippen MR) is 130 cm³/mol. The van der Waals surface area contributed by atoms with E-state index >= 15 is 0 Å². The standard InChI is InChI=1S/C24H22Cl2N4O3/c1-30(24-27-14-5-15-28-24)17-12-10-16(11-13-17)6-3-9-20(23(32)33-2)29-22(31)21-18(25)7-4-8-19(21)26/h3-8,10-15,20H,9H2,1-2H3,(H,29,31). The molecular formula is C24H22Cl2N4O3. The first-order valence-corrected chi connectivity index (χ1v) is 10.8. The molecule has 3 aromatic rings. The molecule has 0 radical (unpaired) electrons. The minimum Gasteiger partial charge on any atom is -0.467 e. The number of halogens is 2. The molecule has 1 heterocycles. The second-order valence-electron chi connectivity index (χ2n) is 6.98. The van der Waals surface area contributed by atoms with Gasteiger partial charge in [0.2, 0.25) is 5.95 Å². The van der Waals surface area contributed by atoms with Crippen LogP contribution >= 0.6 is 23.2 Å². The van der Waals surface area contributed by atoms with Crippen LogP contribution in [0.5, 0.6) is 0 Å². The normalized spacial score (nSPS) is 11.8. The maximum Gasteiger partial charge on any atom is 0.328 e. The van der Waals surface area contributed by atoms with Crippen LogP contribution in [0.15, 0.2) is 67.0 Å². The van der Waals surface area contributed by atoms with E-state index in [1.807, 2.05) is 42.3 Å². The van der Waals surface area contributed by atoms with Crippen molar-refractivity contribution in [1.29, 1.82) is 0 Å². The highest BCUT2D eigenvalue weighted by Crippen LogP contribution is 2.24. The molecule has 170 valence electrons. The van der Waals surface area contributed by atoms with E-state index in [0.717, 1.165) is 11.3 Å². The summed E-state index contributed by atoms with van der Waals surface area (Å²) in [6.45, 7) is 0. The molecule has 2 aromatic carbocycles. The average molecular weight is 485 g/mol. The number of esters is 1. The molecule has 0 spiro atoms. The maximum atomic E-state index is 12.6. The fourth-order valence-corrected chi connectivity index (χ4v) is 3.60. The predicted octanol–water partition coefficient (Wildman–Crippen LogP) is 4.93. The van der Waals surface area contributed by atoms with Crippen molar-refractivity contribution in [3.63, 3.8) is 0 Å². The molecular weight excluding hydrogens is 463 g/mol. The Labute approximate surface area is 202 Å². The summed E-state index contributed by atoms with van der Waals surface area (Å²) >= 11 is 12.2. The molecule has 1 unspecified atom stereocenters. The minimum absolute atomic E-state index is 0.112. The number of ether oxygens (including phenoxy) is 1. The Morgan fingerprint density at radius 2 is 1.70 bits per heavy atom. The molecule has 1 N–H and O–H groups in total. The van der Waals surface area contributed by atoms with Crippen LogP contribution in [0.1, 0.15) is 22.3 Å². The highest BCUT2D eigenvalue weighted by molar-refractivity contribution is 6.39. The average Bonchev–Trinajstić information content (AvgIpc) is 2.83. The molecule has 1 amide bonds. The van der Waals surface area contributed by atoms with E-state index in [1.54, 1.807) is 42.7 Å². The number of nitrogens with one attached hydrogen (secondary N) is 1. The van der Waals surface area contributed by atoms with E-state index < -0.39 is 17.9 Å². The lowest BCUT2D eigenvalue weighted by Crippen LogP contribution is -2.41. The van der Waals surface area contributed by atoms with Crippen LogP contribution in [0, 0.1) is 0 Å². The smallest absolute Gasteiger partial charge is 0.328 e. The summed E-state index contributed by atoms with van der Waals surface area (Å²) in [5.41, 5.74) is 1.96. The zero-order valence-corrected chi connectivity index (χ0v) is 19.5. The number of nitrogens with zero attached hydrogens (tertiary/aromatic N) is 3. The number of methoxy groups -OCH3 is 1. The number of benzene rings is 2. The Hall–Kier alpha value is -3.42. The number of hydrogen-bond donors (Lipinski definition) is 1. The van der Waals surface area contributed by atoms with Crippen molar-refractivity contribution in [1.82, 2.24) is 15.3 Å². The lowest BCUT2D eigenvalue weighted by Gasteiger charge is -2.17. The molecule has 0 aliphatic rings. The minimum atomic E-state index is -0.897. The van der Waals surface area contributed by atoms with E-state index in [-0.39, 0.29) is 22.0 Å². The van der Waals surface area contributed by atoms with Gasteiger partial charge in [0.25, 0.3) is 5.91 Å². The van der Waals surface area contributed by atoms with Gasteiger partial charge in [0.15, 0.2) is 0 Å². The van der Waals surface area contributed by atoms with Crippen LogP contribution in [0.2, 0.25) is 10.0 Å². The molecule has 1 atom stereocenters. The van der Waals surface area contributed by atoms with Crippen molar-refractivity contribution in [3.8, 4) is 0 Å². The largest absolute Gasteiger partial charge is 0.467 e. The highest BCUT2D eigenvalue weighted by atomic mass is 35.5. The van der Waals surface area contributed by atoms with Gasteiger partial charge in [-0.2, -0.15) is 0 Å². The monoisotopic (exact) mass is 484 g/mol. The molecule has 0 saturated carbocycles. The molecule has 1 aromatic heterocycles. The second kappa shape index (κ2) is 11.4. The first-order chi connectivity index (χ1) is 15.9. The SMILES string of the molecule is COC(=O)C(CC=Cc1ccc(N(C)c2ncccn2)cc1)NC(=O)c1c(Cl)cccc1Cl. The summed E-state index contributed by atoms with van der Waals surface area (Å²) in [7, 11) is 3.15. The summed E-state index contributed by atoms with van der Waals surface area (Å²) in [6, 6.07) is 13.4. The van der Waals surface area contributed by atoms with Crippen molar-refractivity contribution < 1.29 is 14.3 Å². The second-order valence-corrected chi connectivity index (χ2v) is 7.80. The number of amides is 1. The van der Waals surface area contributed by atoms with Crippen molar-refractivity contribution in [2.45, 2.75) is 12.5 Å². The number of aromatic nitrogens is 2. The van der Waals surface area contributed by atoms with Gasteiger partial charge in [0.05, 0.1) is 22.7 Å².